The first-order chi connectivity index (χ1) is 9.85. The molecule has 0 aliphatic rings. The molecule has 21 heavy (non-hydrogen) atoms. The number of amides is 1. The third-order valence-electron chi connectivity index (χ3n) is 2.66. The molecule has 7 nitrogen and oxygen atoms in total. The minimum Gasteiger partial charge on any atom is -0.494 e. The summed E-state index contributed by atoms with van der Waals surface area (Å²) in [5, 5.41) is 19.6. The highest BCUT2D eigenvalue weighted by molar-refractivity contribution is 5.96. The zero-order valence-corrected chi connectivity index (χ0v) is 11.1. The minimum absolute atomic E-state index is 0.0489. The van der Waals surface area contributed by atoms with Crippen LogP contribution in [0, 0.1) is 5.82 Å². The molecule has 1 unspecified atom stereocenters. The van der Waals surface area contributed by atoms with Gasteiger partial charge in [0.2, 0.25) is 0 Å². The number of rotatable bonds is 7. The number of carbonyl (C=O) groups excluding carboxylic acids is 1. The molecule has 1 aromatic rings. The summed E-state index contributed by atoms with van der Waals surface area (Å²) in [5.41, 5.74) is -0.0881. The van der Waals surface area contributed by atoms with Crippen LogP contribution in [0.1, 0.15) is 23.2 Å². The lowest BCUT2D eigenvalue weighted by Crippen LogP contribution is -2.41. The van der Waals surface area contributed by atoms with Crippen molar-refractivity contribution in [3.8, 4) is 5.75 Å². The van der Waals surface area contributed by atoms with Gasteiger partial charge in [0.25, 0.3) is 5.91 Å². The first-order valence-corrected chi connectivity index (χ1v) is 5.94. The molecule has 1 aromatic carbocycles. The molecular formula is C13H14FNO6. The topological polar surface area (TPSA) is 113 Å². The molecule has 0 aromatic heterocycles. The molecule has 0 saturated carbocycles. The summed E-state index contributed by atoms with van der Waals surface area (Å²) >= 11 is 0. The van der Waals surface area contributed by atoms with Crippen LogP contribution in [-0.4, -0.2) is 41.2 Å². The third kappa shape index (κ3) is 4.75. The Hall–Kier alpha value is -2.64. The Balaban J connectivity index is 2.79. The van der Waals surface area contributed by atoms with Crippen molar-refractivity contribution in [1.82, 2.24) is 5.32 Å². The van der Waals surface area contributed by atoms with Crippen molar-refractivity contribution < 1.29 is 33.7 Å². The number of ether oxygens (including phenoxy) is 1. The predicted octanol–water partition coefficient (Wildman–Crippen LogP) is 0.882. The first-order valence-electron chi connectivity index (χ1n) is 5.94. The summed E-state index contributed by atoms with van der Waals surface area (Å²) in [5.74, 6) is -4.16. The molecular weight excluding hydrogens is 285 g/mol. The fourth-order valence-corrected chi connectivity index (χ4v) is 1.57. The molecule has 3 N–H and O–H groups in total. The molecule has 0 bridgehead atoms. The second kappa shape index (κ2) is 7.22. The van der Waals surface area contributed by atoms with E-state index in [1.807, 2.05) is 0 Å². The van der Waals surface area contributed by atoms with Gasteiger partial charge in [-0.3, -0.25) is 9.59 Å². The first kappa shape index (κ1) is 16.4. The molecule has 0 aliphatic heterocycles. The number of carboxylic acids is 2. The largest absolute Gasteiger partial charge is 0.494 e. The van der Waals surface area contributed by atoms with Gasteiger partial charge in [0, 0.05) is 12.0 Å². The summed E-state index contributed by atoms with van der Waals surface area (Å²) in [4.78, 5) is 33.2. The maximum Gasteiger partial charge on any atom is 0.326 e. The van der Waals surface area contributed by atoms with Gasteiger partial charge >= 0.3 is 11.9 Å². The fourth-order valence-electron chi connectivity index (χ4n) is 1.57. The van der Waals surface area contributed by atoms with Crippen LogP contribution in [0.3, 0.4) is 0 Å². The van der Waals surface area contributed by atoms with E-state index in [4.69, 9.17) is 14.9 Å². The van der Waals surface area contributed by atoms with Gasteiger partial charge in [-0.05, 0) is 24.6 Å². The van der Waals surface area contributed by atoms with Gasteiger partial charge < -0.3 is 20.3 Å². The number of nitrogens with one attached hydrogen (secondary N) is 1. The molecule has 114 valence electrons. The van der Waals surface area contributed by atoms with E-state index in [1.165, 1.54) is 19.2 Å². The van der Waals surface area contributed by atoms with Crippen LogP contribution < -0.4 is 10.1 Å². The molecule has 1 amide bonds. The summed E-state index contributed by atoms with van der Waals surface area (Å²) < 4.78 is 18.2. The number of carboxylic acid groups (broad SMARTS) is 2. The zero-order chi connectivity index (χ0) is 16.0. The number of aliphatic carboxylic acids is 2. The van der Waals surface area contributed by atoms with Crippen molar-refractivity contribution in [1.29, 1.82) is 0 Å². The molecule has 0 fully saturated rings. The van der Waals surface area contributed by atoms with Crippen LogP contribution in [-0.2, 0) is 9.59 Å². The second-order valence-electron chi connectivity index (χ2n) is 4.15. The number of hydrogen-bond donors (Lipinski definition) is 3. The van der Waals surface area contributed by atoms with E-state index >= 15 is 0 Å². The van der Waals surface area contributed by atoms with E-state index < -0.39 is 36.1 Å². The quantitative estimate of drug-likeness (QED) is 0.689. The van der Waals surface area contributed by atoms with Gasteiger partial charge in [-0.15, -0.1) is 0 Å². The monoisotopic (exact) mass is 299 g/mol. The second-order valence-corrected chi connectivity index (χ2v) is 4.15. The van der Waals surface area contributed by atoms with Crippen LogP contribution in [0.25, 0.3) is 0 Å². The van der Waals surface area contributed by atoms with E-state index in [1.54, 1.807) is 0 Å². The maximum atomic E-state index is 13.5. The summed E-state index contributed by atoms with van der Waals surface area (Å²) in [6.45, 7) is 0. The standard InChI is InChI=1S/C13H14FNO6/c1-21-10-4-2-7(6-8(10)14)12(18)15-9(13(19)20)3-5-11(16)17/h2,4,6,9H,3,5H2,1H3,(H,15,18)(H,16,17)(H,19,20). The Morgan fingerprint density at radius 2 is 2.00 bits per heavy atom. The number of halogens is 1. The molecule has 0 radical (unpaired) electrons. The third-order valence-corrected chi connectivity index (χ3v) is 2.66. The number of methoxy groups -OCH3 is 1. The normalized spacial score (nSPS) is 11.5. The Morgan fingerprint density at radius 1 is 1.33 bits per heavy atom. The fraction of sp³-hybridized carbons (Fsp3) is 0.308. The highest BCUT2D eigenvalue weighted by Crippen LogP contribution is 2.17. The van der Waals surface area contributed by atoms with Gasteiger partial charge in [-0.1, -0.05) is 0 Å². The molecule has 0 heterocycles. The average molecular weight is 299 g/mol. The van der Waals surface area contributed by atoms with Crippen molar-refractivity contribution in [2.45, 2.75) is 18.9 Å². The number of benzene rings is 1. The highest BCUT2D eigenvalue weighted by Gasteiger charge is 2.22. The van der Waals surface area contributed by atoms with Crippen LogP contribution >= 0.6 is 0 Å². The minimum atomic E-state index is -1.36. The Kier molecular flexibility index (Phi) is 5.65. The van der Waals surface area contributed by atoms with Crippen molar-refractivity contribution >= 4 is 17.8 Å². The van der Waals surface area contributed by atoms with E-state index in [9.17, 15) is 18.8 Å². The van der Waals surface area contributed by atoms with Gasteiger partial charge in [0.15, 0.2) is 11.6 Å². The predicted molar refractivity (Wildman–Crippen MR) is 68.7 cm³/mol. The average Bonchev–Trinajstić information content (AvgIpc) is 2.42. The van der Waals surface area contributed by atoms with Gasteiger partial charge in [0.05, 0.1) is 7.11 Å². The molecule has 0 spiro atoms. The summed E-state index contributed by atoms with van der Waals surface area (Å²) in [6, 6.07) is 2.05. The molecule has 8 heteroatoms. The highest BCUT2D eigenvalue weighted by atomic mass is 19.1. The Morgan fingerprint density at radius 3 is 2.48 bits per heavy atom. The van der Waals surface area contributed by atoms with E-state index in [0.717, 1.165) is 6.07 Å². The lowest BCUT2D eigenvalue weighted by Gasteiger charge is -2.13. The number of carbonyl (C=O) groups is 3. The van der Waals surface area contributed by atoms with Crippen molar-refractivity contribution in [2.24, 2.45) is 0 Å². The Bertz CT molecular complexity index is 560. The van der Waals surface area contributed by atoms with Gasteiger partial charge in [-0.2, -0.15) is 0 Å². The number of hydrogen-bond acceptors (Lipinski definition) is 4. The lowest BCUT2D eigenvalue weighted by molar-refractivity contribution is -0.140. The van der Waals surface area contributed by atoms with E-state index in [-0.39, 0.29) is 17.7 Å². The lowest BCUT2D eigenvalue weighted by atomic mass is 10.1. The molecule has 1 rings (SSSR count). The van der Waals surface area contributed by atoms with Crippen molar-refractivity contribution in [3.05, 3.63) is 29.6 Å². The smallest absolute Gasteiger partial charge is 0.326 e. The molecule has 0 aliphatic carbocycles. The van der Waals surface area contributed by atoms with Crippen molar-refractivity contribution in [2.75, 3.05) is 7.11 Å². The SMILES string of the molecule is COc1ccc(C(=O)NC(CCC(=O)O)C(=O)O)cc1F. The van der Waals surface area contributed by atoms with Crippen LogP contribution in [0.2, 0.25) is 0 Å². The molecule has 1 atom stereocenters. The summed E-state index contributed by atoms with van der Waals surface area (Å²) in [6.07, 6.45) is -0.677. The van der Waals surface area contributed by atoms with Crippen LogP contribution in [0.4, 0.5) is 4.39 Å². The van der Waals surface area contributed by atoms with E-state index in [0.29, 0.717) is 0 Å². The van der Waals surface area contributed by atoms with Gasteiger partial charge in [-0.25, -0.2) is 9.18 Å². The van der Waals surface area contributed by atoms with Crippen molar-refractivity contribution in [3.63, 3.8) is 0 Å². The Labute approximate surface area is 119 Å². The van der Waals surface area contributed by atoms with Crippen LogP contribution in [0.5, 0.6) is 5.75 Å². The molecule has 0 saturated heterocycles. The maximum absolute atomic E-state index is 13.5. The zero-order valence-electron chi connectivity index (χ0n) is 11.1. The summed E-state index contributed by atoms with van der Waals surface area (Å²) in [7, 11) is 1.27. The van der Waals surface area contributed by atoms with Gasteiger partial charge in [0.1, 0.15) is 6.04 Å². The van der Waals surface area contributed by atoms with Crippen LogP contribution in [0.15, 0.2) is 18.2 Å². The van der Waals surface area contributed by atoms with E-state index in [2.05, 4.69) is 5.32 Å².